The Hall–Kier alpha value is -1.42. The number of esters is 1. The lowest BCUT2D eigenvalue weighted by atomic mass is 9.43. The summed E-state index contributed by atoms with van der Waals surface area (Å²) in [6.45, 7) is 7.65. The minimum absolute atomic E-state index is 0.0353. The smallest absolute Gasteiger partial charge is 0.303 e. The second-order valence-electron chi connectivity index (χ2n) is 10.5. The van der Waals surface area contributed by atoms with E-state index in [0.717, 1.165) is 31.3 Å². The molecule has 0 bridgehead atoms. The van der Waals surface area contributed by atoms with Crippen LogP contribution in [0.2, 0.25) is 0 Å². The Labute approximate surface area is 177 Å². The SMILES string of the molecule is CC(=O)O[C@@]1(C)C(=O)CC[C@H]2[C@@H]3C=C(Cl)C4=CC(=O)[C@@H]5C[C@@H]5[C@]4(C)[C@H]3CC[C@@]21C. The predicted octanol–water partition coefficient (Wildman–Crippen LogP) is 4.61. The molecule has 0 spiro atoms. The summed E-state index contributed by atoms with van der Waals surface area (Å²) >= 11 is 6.80. The van der Waals surface area contributed by atoms with Crippen LogP contribution in [0, 0.1) is 40.4 Å². The number of Topliss-reactive ketones (excluding diaryl/α,β-unsaturated/α-hetero) is 1. The molecule has 3 fully saturated rings. The van der Waals surface area contributed by atoms with Gasteiger partial charge in [0.2, 0.25) is 0 Å². The van der Waals surface area contributed by atoms with Gasteiger partial charge in [-0.3, -0.25) is 14.4 Å². The predicted molar refractivity (Wildman–Crippen MR) is 109 cm³/mol. The van der Waals surface area contributed by atoms with Crippen molar-refractivity contribution in [1.29, 1.82) is 0 Å². The van der Waals surface area contributed by atoms with Crippen LogP contribution in [-0.4, -0.2) is 23.1 Å². The van der Waals surface area contributed by atoms with E-state index >= 15 is 0 Å². The maximum atomic E-state index is 13.0. The van der Waals surface area contributed by atoms with Crippen LogP contribution in [0.15, 0.2) is 22.8 Å². The van der Waals surface area contributed by atoms with E-state index in [0.29, 0.717) is 23.3 Å². The average Bonchev–Trinajstić information content (AvgIpc) is 3.43. The molecule has 0 aromatic heterocycles. The number of carbonyl (C=O) groups is 3. The number of ether oxygens (including phenoxy) is 1. The zero-order valence-electron chi connectivity index (χ0n) is 17.6. The van der Waals surface area contributed by atoms with Crippen molar-refractivity contribution in [2.24, 2.45) is 40.4 Å². The van der Waals surface area contributed by atoms with Crippen molar-refractivity contribution in [3.8, 4) is 0 Å². The molecule has 5 aliphatic rings. The van der Waals surface area contributed by atoms with E-state index in [1.54, 1.807) is 0 Å². The van der Waals surface area contributed by atoms with Gasteiger partial charge in [0.1, 0.15) is 0 Å². The van der Waals surface area contributed by atoms with E-state index in [9.17, 15) is 14.4 Å². The summed E-state index contributed by atoms with van der Waals surface area (Å²) in [5.74, 6) is 1.30. The first-order chi connectivity index (χ1) is 13.5. The fraction of sp³-hybridized carbons (Fsp3) is 0.708. The fourth-order valence-corrected chi connectivity index (χ4v) is 8.12. The second kappa shape index (κ2) is 5.84. The molecule has 4 nitrogen and oxygen atoms in total. The van der Waals surface area contributed by atoms with Crippen molar-refractivity contribution in [2.75, 3.05) is 0 Å². The van der Waals surface area contributed by atoms with Crippen LogP contribution >= 0.6 is 11.6 Å². The number of rotatable bonds is 1. The van der Waals surface area contributed by atoms with Crippen LogP contribution in [0.4, 0.5) is 0 Å². The number of halogens is 1. The van der Waals surface area contributed by atoms with Gasteiger partial charge < -0.3 is 4.74 Å². The standard InChI is InChI=1S/C24H29ClO4/c1-12(26)29-24(4)21(28)6-5-15-13-10-19(25)18-11-20(27)14-9-17(14)23(18,3)16(13)7-8-22(15,24)2/h10-11,13-17H,5-9H2,1-4H3/t13-,14+,15-,16-,17-,22-,23-,24-/m0/s1. The van der Waals surface area contributed by atoms with Crippen LogP contribution in [0.25, 0.3) is 0 Å². The molecule has 29 heavy (non-hydrogen) atoms. The number of allylic oxidation sites excluding steroid dienone is 4. The Kier molecular flexibility index (Phi) is 3.93. The van der Waals surface area contributed by atoms with Gasteiger partial charge in [-0.1, -0.05) is 31.5 Å². The molecule has 0 N–H and O–H groups in total. The minimum Gasteiger partial charge on any atom is -0.451 e. The fourth-order valence-electron chi connectivity index (χ4n) is 7.71. The Bertz CT molecular complexity index is 903. The summed E-state index contributed by atoms with van der Waals surface area (Å²) in [6.07, 6.45) is 7.96. The molecule has 0 aromatic carbocycles. The highest BCUT2D eigenvalue weighted by Gasteiger charge is 2.68. The van der Waals surface area contributed by atoms with Gasteiger partial charge in [0.05, 0.1) is 0 Å². The third kappa shape index (κ3) is 2.30. The summed E-state index contributed by atoms with van der Waals surface area (Å²) in [5, 5.41) is 0.711. The van der Waals surface area contributed by atoms with Gasteiger partial charge in [-0.25, -0.2) is 0 Å². The van der Waals surface area contributed by atoms with Gasteiger partial charge >= 0.3 is 5.97 Å². The van der Waals surface area contributed by atoms with Crippen LogP contribution in [-0.2, 0) is 19.1 Å². The molecule has 0 aromatic rings. The zero-order chi connectivity index (χ0) is 20.9. The molecule has 5 rings (SSSR count). The molecule has 0 heterocycles. The maximum absolute atomic E-state index is 13.0. The lowest BCUT2D eigenvalue weighted by Gasteiger charge is -2.62. The molecular formula is C24H29ClO4. The van der Waals surface area contributed by atoms with Gasteiger partial charge in [0.15, 0.2) is 17.2 Å². The molecule has 3 saturated carbocycles. The third-order valence-corrected chi connectivity index (χ3v) is 9.86. The van der Waals surface area contributed by atoms with Gasteiger partial charge in [-0.2, -0.15) is 0 Å². The van der Waals surface area contributed by atoms with Crippen molar-refractivity contribution in [1.82, 2.24) is 0 Å². The van der Waals surface area contributed by atoms with Crippen LogP contribution in [0.5, 0.6) is 0 Å². The normalized spacial score (nSPS) is 50.3. The number of fused-ring (bicyclic) bond motifs is 7. The van der Waals surface area contributed by atoms with Crippen molar-refractivity contribution >= 4 is 29.1 Å². The highest BCUT2D eigenvalue weighted by Crippen LogP contribution is 2.71. The van der Waals surface area contributed by atoms with E-state index in [4.69, 9.17) is 16.3 Å². The number of ketones is 2. The number of hydrogen-bond acceptors (Lipinski definition) is 4. The van der Waals surface area contributed by atoms with Crippen LogP contribution in [0.3, 0.4) is 0 Å². The maximum Gasteiger partial charge on any atom is 0.303 e. The Morgan fingerprint density at radius 3 is 2.55 bits per heavy atom. The molecule has 0 radical (unpaired) electrons. The molecule has 0 saturated heterocycles. The first-order valence-electron chi connectivity index (χ1n) is 10.9. The summed E-state index contributed by atoms with van der Waals surface area (Å²) < 4.78 is 5.75. The van der Waals surface area contributed by atoms with E-state index in [2.05, 4.69) is 19.9 Å². The molecule has 8 atom stereocenters. The van der Waals surface area contributed by atoms with E-state index in [-0.39, 0.29) is 34.7 Å². The highest BCUT2D eigenvalue weighted by atomic mass is 35.5. The van der Waals surface area contributed by atoms with Crippen LogP contribution in [0.1, 0.15) is 59.8 Å². The van der Waals surface area contributed by atoms with Crippen molar-refractivity contribution in [3.63, 3.8) is 0 Å². The Morgan fingerprint density at radius 1 is 1.14 bits per heavy atom. The summed E-state index contributed by atoms with van der Waals surface area (Å²) in [5.41, 5.74) is -0.541. The molecule has 5 aliphatic carbocycles. The second-order valence-corrected chi connectivity index (χ2v) is 10.9. The van der Waals surface area contributed by atoms with E-state index in [1.165, 1.54) is 6.92 Å². The summed E-state index contributed by atoms with van der Waals surface area (Å²) in [4.78, 5) is 37.2. The minimum atomic E-state index is -1.09. The molecular weight excluding hydrogens is 388 g/mol. The van der Waals surface area contributed by atoms with E-state index < -0.39 is 17.0 Å². The third-order valence-electron chi connectivity index (χ3n) is 9.53. The van der Waals surface area contributed by atoms with Crippen molar-refractivity contribution < 1.29 is 19.1 Å². The molecule has 5 heteroatoms. The highest BCUT2D eigenvalue weighted by molar-refractivity contribution is 6.32. The molecule has 156 valence electrons. The molecule has 0 unspecified atom stereocenters. The lowest BCUT2D eigenvalue weighted by molar-refractivity contribution is -0.203. The first kappa shape index (κ1) is 19.5. The monoisotopic (exact) mass is 416 g/mol. The lowest BCUT2D eigenvalue weighted by Crippen LogP contribution is -2.64. The largest absolute Gasteiger partial charge is 0.451 e. The molecule has 0 amide bonds. The Morgan fingerprint density at radius 2 is 1.86 bits per heavy atom. The van der Waals surface area contributed by atoms with Gasteiger partial charge in [-0.15, -0.1) is 0 Å². The Balaban J connectivity index is 1.60. The molecule has 0 aliphatic heterocycles. The quantitative estimate of drug-likeness (QED) is 0.586. The van der Waals surface area contributed by atoms with Gasteiger partial charge in [0, 0.05) is 35.1 Å². The number of carbonyl (C=O) groups excluding carboxylic acids is 3. The number of hydrogen-bond donors (Lipinski definition) is 0. The van der Waals surface area contributed by atoms with Gasteiger partial charge in [0.25, 0.3) is 0 Å². The zero-order valence-corrected chi connectivity index (χ0v) is 18.3. The van der Waals surface area contributed by atoms with Crippen molar-refractivity contribution in [3.05, 3.63) is 22.8 Å². The van der Waals surface area contributed by atoms with Crippen LogP contribution < -0.4 is 0 Å². The van der Waals surface area contributed by atoms with Gasteiger partial charge in [-0.05, 0) is 67.9 Å². The summed E-state index contributed by atoms with van der Waals surface area (Å²) in [6, 6.07) is 0. The topological polar surface area (TPSA) is 60.4 Å². The van der Waals surface area contributed by atoms with E-state index in [1.807, 2.05) is 13.0 Å². The van der Waals surface area contributed by atoms with Crippen molar-refractivity contribution in [2.45, 2.75) is 65.4 Å². The summed E-state index contributed by atoms with van der Waals surface area (Å²) in [7, 11) is 0. The average molecular weight is 417 g/mol. The first-order valence-corrected chi connectivity index (χ1v) is 11.3.